The van der Waals surface area contributed by atoms with Crippen molar-refractivity contribution in [2.45, 2.75) is 58.2 Å². The van der Waals surface area contributed by atoms with Crippen LogP contribution < -0.4 is 4.43 Å². The van der Waals surface area contributed by atoms with Crippen LogP contribution in [0.3, 0.4) is 0 Å². The van der Waals surface area contributed by atoms with Crippen LogP contribution in [0.4, 0.5) is 0 Å². The lowest BCUT2D eigenvalue weighted by molar-refractivity contribution is -0.135. The predicted molar refractivity (Wildman–Crippen MR) is 101 cm³/mol. The van der Waals surface area contributed by atoms with Gasteiger partial charge in [0.1, 0.15) is 5.75 Å². The molecule has 6 heteroatoms. The first-order valence-electron chi connectivity index (χ1n) is 8.49. The lowest BCUT2D eigenvalue weighted by atomic mass is 10.1. The van der Waals surface area contributed by atoms with E-state index in [0.717, 1.165) is 0 Å². The van der Waals surface area contributed by atoms with E-state index in [0.29, 0.717) is 28.4 Å². The van der Waals surface area contributed by atoms with E-state index in [-0.39, 0.29) is 5.56 Å². The minimum absolute atomic E-state index is 0.282. The van der Waals surface area contributed by atoms with Gasteiger partial charge in [0, 0.05) is 11.6 Å². The summed E-state index contributed by atoms with van der Waals surface area (Å²) in [5.74, 6) is -2.48. The van der Waals surface area contributed by atoms with E-state index >= 15 is 0 Å². The molecule has 0 saturated carbocycles. The highest BCUT2D eigenvalue weighted by atomic mass is 28.4. The third-order valence-electron chi connectivity index (χ3n) is 4.61. The summed E-state index contributed by atoms with van der Waals surface area (Å²) in [5.41, 5.74) is 1.46. The zero-order valence-corrected chi connectivity index (χ0v) is 16.7. The van der Waals surface area contributed by atoms with E-state index in [1.807, 2.05) is 6.07 Å². The number of carboxylic acid groups (broad SMARTS) is 1. The van der Waals surface area contributed by atoms with Crippen molar-refractivity contribution in [3.05, 3.63) is 41.7 Å². The van der Waals surface area contributed by atoms with Crippen LogP contribution in [0, 0.1) is 0 Å². The van der Waals surface area contributed by atoms with Crippen molar-refractivity contribution >= 4 is 20.1 Å². The second-order valence-corrected chi connectivity index (χ2v) is 12.5. The van der Waals surface area contributed by atoms with Gasteiger partial charge in [0.25, 0.3) is 8.32 Å². The number of aliphatic hydroxyl groups excluding tert-OH is 1. The van der Waals surface area contributed by atoms with Crippen molar-refractivity contribution in [1.29, 1.82) is 0 Å². The highest BCUT2D eigenvalue weighted by Gasteiger charge is 2.47. The lowest BCUT2D eigenvalue weighted by Crippen LogP contribution is -2.50. The fourth-order valence-electron chi connectivity index (χ4n) is 3.54. The summed E-state index contributed by atoms with van der Waals surface area (Å²) in [7, 11) is -2.15. The number of carbonyl (C=O) groups excluding carboxylic acids is 1. The molecule has 0 heterocycles. The molecule has 0 aromatic heterocycles. The molecule has 0 saturated heterocycles. The molecule has 0 bridgehead atoms. The molecule has 0 aliphatic heterocycles. The Morgan fingerprint density at radius 2 is 1.52 bits per heavy atom. The Kier molecular flexibility index (Phi) is 6.99. The van der Waals surface area contributed by atoms with Gasteiger partial charge < -0.3 is 14.6 Å². The summed E-state index contributed by atoms with van der Waals surface area (Å²) in [6.45, 7) is 13.1. The average Bonchev–Trinajstić information content (AvgIpc) is 2.51. The van der Waals surface area contributed by atoms with Gasteiger partial charge in [0.05, 0.1) is 0 Å². The van der Waals surface area contributed by atoms with Gasteiger partial charge in [-0.2, -0.15) is 0 Å². The summed E-state index contributed by atoms with van der Waals surface area (Å²) in [5, 5.41) is 17.9. The van der Waals surface area contributed by atoms with Gasteiger partial charge in [-0.1, -0.05) is 53.7 Å². The molecule has 0 radical (unpaired) electrons. The Balaban J connectivity index is 3.22. The number of benzene rings is 1. The minimum atomic E-state index is -2.15. The molecule has 1 rings (SSSR count). The number of ketones is 1. The Labute approximate surface area is 150 Å². The van der Waals surface area contributed by atoms with E-state index in [1.54, 1.807) is 18.2 Å². The smallest absolute Gasteiger partial charge is 0.371 e. The van der Waals surface area contributed by atoms with E-state index < -0.39 is 25.8 Å². The molecule has 0 amide bonds. The molecule has 0 aliphatic rings. The summed E-state index contributed by atoms with van der Waals surface area (Å²) in [6, 6.07) is 6.70. The predicted octanol–water partition coefficient (Wildman–Crippen LogP) is 4.95. The van der Waals surface area contributed by atoms with Crippen molar-refractivity contribution in [1.82, 2.24) is 0 Å². The van der Waals surface area contributed by atoms with E-state index in [4.69, 9.17) is 9.53 Å². The molecule has 0 unspecified atom stereocenters. The number of carboxylic acids is 1. The standard InChI is InChI=1S/C19H28O5Si/c1-12(2)25(13(3)4,14(5)6)24-16-9-7-8-15(10-16)17(20)11-18(21)19(22)23/h7-14,21H,1-6H3,(H,22,23). The molecule has 138 valence electrons. The normalized spacial score (nSPS) is 12.8. The van der Waals surface area contributed by atoms with Crippen molar-refractivity contribution in [2.24, 2.45) is 0 Å². The largest absolute Gasteiger partial charge is 0.543 e. The van der Waals surface area contributed by atoms with Gasteiger partial charge in [-0.25, -0.2) is 4.79 Å². The number of aliphatic carboxylic acids is 1. The number of carbonyl (C=O) groups is 2. The summed E-state index contributed by atoms with van der Waals surface area (Å²) in [4.78, 5) is 22.8. The molecule has 0 spiro atoms. The molecule has 1 aromatic rings. The fourth-order valence-corrected chi connectivity index (χ4v) is 8.78. The summed E-state index contributed by atoms with van der Waals surface area (Å²) in [6.07, 6.45) is 0.708. The Morgan fingerprint density at radius 3 is 1.96 bits per heavy atom. The molecule has 1 aromatic carbocycles. The SMILES string of the molecule is CC(C)[Si](Oc1cccc(C(=O)C=C(O)C(=O)O)c1)(C(C)C)C(C)C. The molecular formula is C19H28O5Si. The van der Waals surface area contributed by atoms with Crippen molar-refractivity contribution < 1.29 is 24.2 Å². The van der Waals surface area contributed by atoms with E-state index in [1.165, 1.54) is 0 Å². The van der Waals surface area contributed by atoms with E-state index in [2.05, 4.69) is 41.5 Å². The number of hydrogen-bond donors (Lipinski definition) is 2. The number of rotatable bonds is 8. The first-order valence-corrected chi connectivity index (χ1v) is 10.6. The molecule has 2 N–H and O–H groups in total. The van der Waals surface area contributed by atoms with Crippen LogP contribution >= 0.6 is 0 Å². The molecule has 0 aliphatic carbocycles. The Bertz CT molecular complexity index is 640. The van der Waals surface area contributed by atoms with Crippen LogP contribution in [0.5, 0.6) is 5.75 Å². The summed E-state index contributed by atoms with van der Waals surface area (Å²) < 4.78 is 6.52. The van der Waals surface area contributed by atoms with Crippen molar-refractivity contribution in [2.75, 3.05) is 0 Å². The topological polar surface area (TPSA) is 83.8 Å². The number of hydrogen-bond acceptors (Lipinski definition) is 4. The van der Waals surface area contributed by atoms with Crippen LogP contribution in [0.25, 0.3) is 0 Å². The monoisotopic (exact) mass is 364 g/mol. The maximum Gasteiger partial charge on any atom is 0.371 e. The number of aliphatic hydroxyl groups is 1. The average molecular weight is 365 g/mol. The highest BCUT2D eigenvalue weighted by molar-refractivity contribution is 6.78. The Hall–Kier alpha value is -2.08. The zero-order chi connectivity index (χ0) is 19.4. The van der Waals surface area contributed by atoms with Crippen LogP contribution in [0.15, 0.2) is 36.1 Å². The highest BCUT2D eigenvalue weighted by Crippen LogP contribution is 2.42. The van der Waals surface area contributed by atoms with E-state index in [9.17, 15) is 14.7 Å². The van der Waals surface area contributed by atoms with Crippen molar-refractivity contribution in [3.63, 3.8) is 0 Å². The first-order chi connectivity index (χ1) is 11.5. The van der Waals surface area contributed by atoms with Gasteiger partial charge in [-0.05, 0) is 28.8 Å². The summed E-state index contributed by atoms with van der Waals surface area (Å²) >= 11 is 0. The second kappa shape index (κ2) is 8.34. The minimum Gasteiger partial charge on any atom is -0.543 e. The maximum absolute atomic E-state index is 12.1. The second-order valence-electron chi connectivity index (χ2n) is 7.15. The third-order valence-corrected chi connectivity index (χ3v) is 10.6. The molecule has 0 atom stereocenters. The first kappa shape index (κ1) is 21.0. The maximum atomic E-state index is 12.1. The molecule has 5 nitrogen and oxygen atoms in total. The van der Waals surface area contributed by atoms with Crippen LogP contribution in [-0.4, -0.2) is 30.3 Å². The van der Waals surface area contributed by atoms with Gasteiger partial charge in [0.15, 0.2) is 5.78 Å². The van der Waals surface area contributed by atoms with Gasteiger partial charge in [-0.3, -0.25) is 4.79 Å². The molecule has 25 heavy (non-hydrogen) atoms. The van der Waals surface area contributed by atoms with Crippen molar-refractivity contribution in [3.8, 4) is 5.75 Å². The fraction of sp³-hybridized carbons (Fsp3) is 0.474. The third kappa shape index (κ3) is 4.72. The van der Waals surface area contributed by atoms with Crippen LogP contribution in [0.1, 0.15) is 51.9 Å². The molecule has 0 fully saturated rings. The van der Waals surface area contributed by atoms with Gasteiger partial charge >= 0.3 is 5.97 Å². The lowest BCUT2D eigenvalue weighted by Gasteiger charge is -2.42. The quantitative estimate of drug-likeness (QED) is 0.295. The van der Waals surface area contributed by atoms with Crippen LogP contribution in [0.2, 0.25) is 16.6 Å². The van der Waals surface area contributed by atoms with Gasteiger partial charge in [-0.15, -0.1) is 0 Å². The van der Waals surface area contributed by atoms with Crippen LogP contribution in [-0.2, 0) is 4.79 Å². The zero-order valence-electron chi connectivity index (χ0n) is 15.7. The van der Waals surface area contributed by atoms with Gasteiger partial charge in [0.2, 0.25) is 5.76 Å². The Morgan fingerprint density at radius 1 is 1.00 bits per heavy atom. The molecular weight excluding hydrogens is 336 g/mol. The number of allylic oxidation sites excluding steroid dienone is 1.